The highest BCUT2D eigenvalue weighted by molar-refractivity contribution is 9.10. The van der Waals surface area contributed by atoms with Crippen molar-refractivity contribution in [3.05, 3.63) is 63.1 Å². The molecule has 0 radical (unpaired) electrons. The van der Waals surface area contributed by atoms with E-state index in [4.69, 9.17) is 16.3 Å². The SMILES string of the molecule is Clc1ccc(C2NCCOc3ccc(Br)cc32)cc1. The molecule has 1 heterocycles. The van der Waals surface area contributed by atoms with E-state index in [2.05, 4.69) is 39.4 Å². The fourth-order valence-electron chi connectivity index (χ4n) is 2.30. The minimum absolute atomic E-state index is 0.132. The van der Waals surface area contributed by atoms with Gasteiger partial charge in [0.1, 0.15) is 12.4 Å². The number of benzene rings is 2. The van der Waals surface area contributed by atoms with E-state index in [9.17, 15) is 0 Å². The van der Waals surface area contributed by atoms with Gasteiger partial charge in [-0.1, -0.05) is 39.7 Å². The Hall–Kier alpha value is -1.03. The summed E-state index contributed by atoms with van der Waals surface area (Å²) < 4.78 is 6.82. The molecule has 1 atom stereocenters. The van der Waals surface area contributed by atoms with Crippen molar-refractivity contribution < 1.29 is 4.74 Å². The van der Waals surface area contributed by atoms with Crippen LogP contribution in [0.4, 0.5) is 0 Å². The summed E-state index contributed by atoms with van der Waals surface area (Å²) in [5.74, 6) is 0.938. The van der Waals surface area contributed by atoms with Crippen LogP contribution in [0, 0.1) is 0 Å². The first-order valence-corrected chi connectivity index (χ1v) is 7.32. The Morgan fingerprint density at radius 1 is 1.16 bits per heavy atom. The average Bonchev–Trinajstić information content (AvgIpc) is 2.62. The number of hydrogen-bond donors (Lipinski definition) is 1. The zero-order chi connectivity index (χ0) is 13.2. The number of fused-ring (bicyclic) bond motifs is 1. The van der Waals surface area contributed by atoms with Gasteiger partial charge in [-0.15, -0.1) is 0 Å². The minimum atomic E-state index is 0.132. The number of nitrogens with one attached hydrogen (secondary N) is 1. The molecule has 0 aliphatic carbocycles. The van der Waals surface area contributed by atoms with E-state index in [0.717, 1.165) is 27.4 Å². The van der Waals surface area contributed by atoms with Crippen molar-refractivity contribution in [1.82, 2.24) is 5.32 Å². The second-order valence-electron chi connectivity index (χ2n) is 4.47. The predicted molar refractivity (Wildman–Crippen MR) is 80.9 cm³/mol. The van der Waals surface area contributed by atoms with Crippen LogP contribution in [0.3, 0.4) is 0 Å². The predicted octanol–water partition coefficient (Wildman–Crippen LogP) is 4.17. The molecule has 2 aromatic carbocycles. The molecule has 0 bridgehead atoms. The maximum absolute atomic E-state index is 5.96. The molecule has 2 aromatic rings. The Labute approximate surface area is 125 Å². The van der Waals surface area contributed by atoms with E-state index in [1.807, 2.05) is 24.3 Å². The Morgan fingerprint density at radius 3 is 2.74 bits per heavy atom. The van der Waals surface area contributed by atoms with Crippen molar-refractivity contribution in [2.75, 3.05) is 13.2 Å². The Balaban J connectivity index is 2.06. The minimum Gasteiger partial charge on any atom is -0.492 e. The third-order valence-electron chi connectivity index (χ3n) is 3.19. The molecule has 0 saturated carbocycles. The van der Waals surface area contributed by atoms with Crippen molar-refractivity contribution in [1.29, 1.82) is 0 Å². The molecule has 0 spiro atoms. The summed E-state index contributed by atoms with van der Waals surface area (Å²) in [5, 5.41) is 4.26. The van der Waals surface area contributed by atoms with Crippen LogP contribution in [0.2, 0.25) is 5.02 Å². The molecule has 1 unspecified atom stereocenters. The van der Waals surface area contributed by atoms with Crippen molar-refractivity contribution in [3.8, 4) is 5.75 Å². The maximum Gasteiger partial charge on any atom is 0.124 e. The number of rotatable bonds is 1. The average molecular weight is 339 g/mol. The summed E-state index contributed by atoms with van der Waals surface area (Å²) in [7, 11) is 0. The van der Waals surface area contributed by atoms with Gasteiger partial charge in [0.15, 0.2) is 0 Å². The Kier molecular flexibility index (Phi) is 3.78. The molecule has 2 nitrogen and oxygen atoms in total. The molecule has 98 valence electrons. The van der Waals surface area contributed by atoms with E-state index < -0.39 is 0 Å². The second kappa shape index (κ2) is 5.53. The highest BCUT2D eigenvalue weighted by atomic mass is 79.9. The first-order valence-electron chi connectivity index (χ1n) is 6.15. The van der Waals surface area contributed by atoms with Gasteiger partial charge in [0.2, 0.25) is 0 Å². The number of hydrogen-bond acceptors (Lipinski definition) is 2. The van der Waals surface area contributed by atoms with Gasteiger partial charge in [-0.3, -0.25) is 0 Å². The molecule has 1 N–H and O–H groups in total. The lowest BCUT2D eigenvalue weighted by Crippen LogP contribution is -2.23. The quantitative estimate of drug-likeness (QED) is 0.842. The van der Waals surface area contributed by atoms with Gasteiger partial charge in [-0.2, -0.15) is 0 Å². The summed E-state index contributed by atoms with van der Waals surface area (Å²) in [4.78, 5) is 0. The molecule has 1 aliphatic rings. The van der Waals surface area contributed by atoms with Gasteiger partial charge < -0.3 is 10.1 Å². The van der Waals surface area contributed by atoms with E-state index >= 15 is 0 Å². The molecular formula is C15H13BrClNO. The highest BCUT2D eigenvalue weighted by Crippen LogP contribution is 2.34. The van der Waals surface area contributed by atoms with E-state index in [-0.39, 0.29) is 6.04 Å². The van der Waals surface area contributed by atoms with Crippen LogP contribution in [-0.4, -0.2) is 13.2 Å². The summed E-state index contributed by atoms with van der Waals surface area (Å²) in [6, 6.07) is 14.2. The van der Waals surface area contributed by atoms with Crippen molar-refractivity contribution in [2.45, 2.75) is 6.04 Å². The lowest BCUT2D eigenvalue weighted by molar-refractivity contribution is 0.325. The van der Waals surface area contributed by atoms with Crippen molar-refractivity contribution in [3.63, 3.8) is 0 Å². The van der Waals surface area contributed by atoms with Gasteiger partial charge in [0.05, 0.1) is 6.04 Å². The van der Waals surface area contributed by atoms with Crippen LogP contribution in [0.5, 0.6) is 5.75 Å². The highest BCUT2D eigenvalue weighted by Gasteiger charge is 2.21. The Morgan fingerprint density at radius 2 is 1.95 bits per heavy atom. The van der Waals surface area contributed by atoms with Gasteiger partial charge in [-0.05, 0) is 35.9 Å². The largest absolute Gasteiger partial charge is 0.492 e. The third kappa shape index (κ3) is 2.78. The van der Waals surface area contributed by atoms with Crippen LogP contribution in [-0.2, 0) is 0 Å². The smallest absolute Gasteiger partial charge is 0.124 e. The maximum atomic E-state index is 5.96. The Bertz CT molecular complexity index is 585. The molecule has 3 rings (SSSR count). The van der Waals surface area contributed by atoms with Gasteiger partial charge in [0, 0.05) is 21.6 Å². The van der Waals surface area contributed by atoms with E-state index in [0.29, 0.717) is 6.61 Å². The summed E-state index contributed by atoms with van der Waals surface area (Å²) in [6.07, 6.45) is 0. The summed E-state index contributed by atoms with van der Waals surface area (Å²) in [6.45, 7) is 1.50. The first kappa shape index (κ1) is 13.0. The third-order valence-corrected chi connectivity index (χ3v) is 3.94. The monoisotopic (exact) mass is 337 g/mol. The first-order chi connectivity index (χ1) is 9.24. The van der Waals surface area contributed by atoms with E-state index in [1.165, 1.54) is 5.56 Å². The molecule has 0 aromatic heterocycles. The second-order valence-corrected chi connectivity index (χ2v) is 5.82. The molecule has 19 heavy (non-hydrogen) atoms. The van der Waals surface area contributed by atoms with Crippen LogP contribution in [0.15, 0.2) is 46.9 Å². The topological polar surface area (TPSA) is 21.3 Å². The van der Waals surface area contributed by atoms with Crippen LogP contribution < -0.4 is 10.1 Å². The van der Waals surface area contributed by atoms with Crippen LogP contribution in [0.1, 0.15) is 17.2 Å². The lowest BCUT2D eigenvalue weighted by atomic mass is 9.98. The van der Waals surface area contributed by atoms with Crippen LogP contribution >= 0.6 is 27.5 Å². The fraction of sp³-hybridized carbons (Fsp3) is 0.200. The number of halogens is 2. The van der Waals surface area contributed by atoms with Gasteiger partial charge in [0.25, 0.3) is 0 Å². The zero-order valence-corrected chi connectivity index (χ0v) is 12.5. The molecule has 0 amide bonds. The molecule has 0 fully saturated rings. The van der Waals surface area contributed by atoms with Gasteiger partial charge >= 0.3 is 0 Å². The normalized spacial score (nSPS) is 18.3. The zero-order valence-electron chi connectivity index (χ0n) is 10.2. The van der Waals surface area contributed by atoms with Gasteiger partial charge in [-0.25, -0.2) is 0 Å². The van der Waals surface area contributed by atoms with Crippen molar-refractivity contribution >= 4 is 27.5 Å². The molecular weight excluding hydrogens is 326 g/mol. The summed E-state index contributed by atoms with van der Waals surface area (Å²) >= 11 is 9.48. The fourth-order valence-corrected chi connectivity index (χ4v) is 2.81. The van der Waals surface area contributed by atoms with E-state index in [1.54, 1.807) is 0 Å². The lowest BCUT2D eigenvalue weighted by Gasteiger charge is -2.18. The molecule has 0 saturated heterocycles. The molecule has 4 heteroatoms. The summed E-state index contributed by atoms with van der Waals surface area (Å²) in [5.41, 5.74) is 2.34. The number of ether oxygens (including phenoxy) is 1. The standard InChI is InChI=1S/C15H13BrClNO/c16-11-3-6-14-13(9-11)15(18-7-8-19-14)10-1-4-12(17)5-2-10/h1-6,9,15,18H,7-8H2. The van der Waals surface area contributed by atoms with Crippen molar-refractivity contribution in [2.24, 2.45) is 0 Å². The molecule has 1 aliphatic heterocycles. The van der Waals surface area contributed by atoms with Crippen LogP contribution in [0.25, 0.3) is 0 Å².